The van der Waals surface area contributed by atoms with Crippen LogP contribution in [0.3, 0.4) is 0 Å². The van der Waals surface area contributed by atoms with Crippen LogP contribution in [0.5, 0.6) is 0 Å². The van der Waals surface area contributed by atoms with Gasteiger partial charge in [0.2, 0.25) is 0 Å². The van der Waals surface area contributed by atoms with Crippen molar-refractivity contribution in [1.29, 1.82) is 0 Å². The Bertz CT molecular complexity index is 155. The van der Waals surface area contributed by atoms with E-state index in [4.69, 9.17) is 0 Å². The first-order chi connectivity index (χ1) is 5.62. The van der Waals surface area contributed by atoms with Crippen LogP contribution in [-0.4, -0.2) is 0 Å². The van der Waals surface area contributed by atoms with Crippen LogP contribution < -0.4 is 0 Å². The number of hydrogen-bond donors (Lipinski definition) is 0. The molecule has 0 aromatic rings. The van der Waals surface area contributed by atoms with Gasteiger partial charge < -0.3 is 0 Å². The minimum absolute atomic E-state index is 0.176. The first-order valence-electron chi connectivity index (χ1n) is 4.91. The largest absolute Gasteiger partial charge is 0.102 e. The Morgan fingerprint density at radius 3 is 2.33 bits per heavy atom. The third kappa shape index (κ3) is 6.28. The molecule has 0 aromatic heterocycles. The fourth-order valence-electron chi connectivity index (χ4n) is 1.30. The maximum Gasteiger partial charge on any atom is 0.0258 e. The van der Waals surface area contributed by atoms with Crippen molar-refractivity contribution < 1.29 is 0 Å². The zero-order chi connectivity index (χ0) is 9.45. The van der Waals surface area contributed by atoms with E-state index >= 15 is 0 Å². The molecule has 0 heterocycles. The van der Waals surface area contributed by atoms with Gasteiger partial charge in [0.15, 0.2) is 0 Å². The Balaban J connectivity index is 3.52. The average Bonchev–Trinajstić information content (AvgIpc) is 1.98. The van der Waals surface area contributed by atoms with E-state index in [0.29, 0.717) is 0 Å². The van der Waals surface area contributed by atoms with E-state index in [1.807, 2.05) is 0 Å². The zero-order valence-corrected chi connectivity index (χ0v) is 8.74. The van der Waals surface area contributed by atoms with Crippen molar-refractivity contribution in [3.8, 4) is 11.8 Å². The molecule has 69 valence electrons. The van der Waals surface area contributed by atoms with Crippen LogP contribution in [0.4, 0.5) is 0 Å². The molecule has 0 atom stereocenters. The predicted molar refractivity (Wildman–Crippen MR) is 55.7 cm³/mol. The van der Waals surface area contributed by atoms with Crippen LogP contribution in [0, 0.1) is 24.2 Å². The van der Waals surface area contributed by atoms with E-state index < -0.39 is 0 Å². The molecule has 0 saturated heterocycles. The number of unbranched alkanes of at least 4 members (excludes halogenated alkanes) is 3. The Hall–Kier alpha value is -0.440. The normalized spacial score (nSPS) is 10.7. The number of rotatable bonds is 5. The fraction of sp³-hybridized carbons (Fsp3) is 0.750. The van der Waals surface area contributed by atoms with Gasteiger partial charge in [-0.15, -0.1) is 5.92 Å². The monoisotopic (exact) mass is 165 g/mol. The van der Waals surface area contributed by atoms with E-state index in [0.717, 1.165) is 0 Å². The second-order valence-corrected chi connectivity index (χ2v) is 4.00. The summed E-state index contributed by atoms with van der Waals surface area (Å²) in [4.78, 5) is 0. The molecular weight excluding hydrogens is 144 g/mol. The summed E-state index contributed by atoms with van der Waals surface area (Å²) in [5.41, 5.74) is 0.176. The van der Waals surface area contributed by atoms with Crippen molar-refractivity contribution >= 4 is 0 Å². The maximum atomic E-state index is 3.55. The lowest BCUT2D eigenvalue weighted by Crippen LogP contribution is -2.07. The molecule has 0 bridgehead atoms. The minimum atomic E-state index is 0.176. The molecule has 0 aliphatic carbocycles. The van der Waals surface area contributed by atoms with Gasteiger partial charge in [-0.2, -0.15) is 0 Å². The maximum absolute atomic E-state index is 3.55. The standard InChI is InChI=1S/C12H21/c1-5-7-8-9-11-12(3,4)10-6-2/h2,5,7-9,11H2,1,3-4H3. The first kappa shape index (κ1) is 11.6. The Labute approximate surface area is 77.8 Å². The molecule has 0 aromatic carbocycles. The van der Waals surface area contributed by atoms with Crippen LogP contribution in [0.15, 0.2) is 0 Å². The summed E-state index contributed by atoms with van der Waals surface area (Å²) in [7, 11) is 0. The second-order valence-electron chi connectivity index (χ2n) is 4.00. The van der Waals surface area contributed by atoms with Crippen LogP contribution in [0.2, 0.25) is 0 Å². The summed E-state index contributed by atoms with van der Waals surface area (Å²) in [6.45, 7) is 10.2. The molecule has 1 radical (unpaired) electrons. The summed E-state index contributed by atoms with van der Waals surface area (Å²) in [6.07, 6.45) is 6.51. The van der Waals surface area contributed by atoms with Crippen molar-refractivity contribution in [2.24, 2.45) is 5.41 Å². The second kappa shape index (κ2) is 6.12. The molecule has 0 nitrogen and oxygen atoms in total. The molecule has 0 aliphatic heterocycles. The predicted octanol–water partition coefficient (Wildman–Crippen LogP) is 3.82. The van der Waals surface area contributed by atoms with Crippen LogP contribution in [0.25, 0.3) is 0 Å². The van der Waals surface area contributed by atoms with Gasteiger partial charge in [-0.3, -0.25) is 0 Å². The number of hydrogen-bond acceptors (Lipinski definition) is 0. The highest BCUT2D eigenvalue weighted by Gasteiger charge is 2.12. The lowest BCUT2D eigenvalue weighted by Gasteiger charge is -2.16. The molecular formula is C12H21. The Morgan fingerprint density at radius 2 is 1.83 bits per heavy atom. The van der Waals surface area contributed by atoms with Gasteiger partial charge in [-0.05, 0) is 20.3 Å². The SMILES string of the molecule is [CH2]C#CC(C)(C)CCCCCC. The van der Waals surface area contributed by atoms with Crippen molar-refractivity contribution in [3.63, 3.8) is 0 Å². The van der Waals surface area contributed by atoms with Gasteiger partial charge >= 0.3 is 0 Å². The molecule has 0 heteroatoms. The molecule has 0 aliphatic rings. The quantitative estimate of drug-likeness (QED) is 0.429. The van der Waals surface area contributed by atoms with E-state index in [1.54, 1.807) is 0 Å². The summed E-state index contributed by atoms with van der Waals surface area (Å²) in [5.74, 6) is 5.89. The lowest BCUT2D eigenvalue weighted by molar-refractivity contribution is 0.427. The molecule has 12 heavy (non-hydrogen) atoms. The van der Waals surface area contributed by atoms with Gasteiger partial charge in [0, 0.05) is 12.3 Å². The Kier molecular flexibility index (Phi) is 5.89. The summed E-state index contributed by atoms with van der Waals surface area (Å²) in [5, 5.41) is 0. The third-order valence-electron chi connectivity index (χ3n) is 2.08. The van der Waals surface area contributed by atoms with Crippen LogP contribution in [-0.2, 0) is 0 Å². The van der Waals surface area contributed by atoms with Crippen molar-refractivity contribution in [1.82, 2.24) is 0 Å². The van der Waals surface area contributed by atoms with Crippen molar-refractivity contribution in [2.45, 2.75) is 52.9 Å². The van der Waals surface area contributed by atoms with E-state index in [1.165, 1.54) is 32.1 Å². The summed E-state index contributed by atoms with van der Waals surface area (Å²) < 4.78 is 0. The smallest absolute Gasteiger partial charge is 0.0258 e. The highest BCUT2D eigenvalue weighted by molar-refractivity contribution is 5.10. The van der Waals surface area contributed by atoms with E-state index in [2.05, 4.69) is 39.5 Å². The summed E-state index contributed by atoms with van der Waals surface area (Å²) >= 11 is 0. The molecule has 0 rings (SSSR count). The average molecular weight is 165 g/mol. The van der Waals surface area contributed by atoms with Gasteiger partial charge in [0.05, 0.1) is 0 Å². The van der Waals surface area contributed by atoms with Gasteiger partial charge in [0.25, 0.3) is 0 Å². The first-order valence-corrected chi connectivity index (χ1v) is 4.91. The molecule has 0 fully saturated rings. The topological polar surface area (TPSA) is 0 Å². The highest BCUT2D eigenvalue weighted by Crippen LogP contribution is 2.22. The highest BCUT2D eigenvalue weighted by atomic mass is 14.2. The van der Waals surface area contributed by atoms with Crippen molar-refractivity contribution in [3.05, 3.63) is 6.92 Å². The van der Waals surface area contributed by atoms with Gasteiger partial charge in [-0.1, -0.05) is 38.5 Å². The molecule has 0 amide bonds. The van der Waals surface area contributed by atoms with E-state index in [-0.39, 0.29) is 5.41 Å². The molecule has 0 unspecified atom stereocenters. The van der Waals surface area contributed by atoms with E-state index in [9.17, 15) is 0 Å². The third-order valence-corrected chi connectivity index (χ3v) is 2.08. The Morgan fingerprint density at radius 1 is 1.17 bits per heavy atom. The lowest BCUT2D eigenvalue weighted by atomic mass is 9.87. The molecule has 0 spiro atoms. The fourth-order valence-corrected chi connectivity index (χ4v) is 1.30. The summed E-state index contributed by atoms with van der Waals surface area (Å²) in [6, 6.07) is 0. The molecule has 0 saturated carbocycles. The van der Waals surface area contributed by atoms with Gasteiger partial charge in [0.1, 0.15) is 0 Å². The van der Waals surface area contributed by atoms with Crippen molar-refractivity contribution in [2.75, 3.05) is 0 Å². The van der Waals surface area contributed by atoms with Gasteiger partial charge in [-0.25, -0.2) is 0 Å². The van der Waals surface area contributed by atoms with Crippen LogP contribution >= 0.6 is 0 Å². The molecule has 0 N–H and O–H groups in total. The minimum Gasteiger partial charge on any atom is -0.102 e. The van der Waals surface area contributed by atoms with Crippen LogP contribution in [0.1, 0.15) is 52.9 Å². The zero-order valence-electron chi connectivity index (χ0n) is 8.74.